The summed E-state index contributed by atoms with van der Waals surface area (Å²) < 4.78 is 1.76. The van der Waals surface area contributed by atoms with Gasteiger partial charge in [-0.05, 0) is 42.3 Å². The number of amides is 1. The smallest absolute Gasteiger partial charge is 0.253 e. The molecule has 0 aliphatic carbocycles. The maximum Gasteiger partial charge on any atom is 0.253 e. The normalized spacial score (nSPS) is 11.4. The highest BCUT2D eigenvalue weighted by Crippen LogP contribution is 2.16. The maximum absolute atomic E-state index is 12.4. The Labute approximate surface area is 125 Å². The van der Waals surface area contributed by atoms with Crippen LogP contribution in [0.25, 0.3) is 5.69 Å². The standard InChI is InChI=1S/C16H22N4O/c1-16(2,11-17)12-19(3)15(21)13-5-7-14(8-6-13)20-10-4-9-18-20/h4-10H,11-12,17H2,1-3H3. The SMILES string of the molecule is CN(CC(C)(C)CN)C(=O)c1ccc(-n2cccn2)cc1. The molecule has 5 nitrogen and oxygen atoms in total. The highest BCUT2D eigenvalue weighted by atomic mass is 16.2. The van der Waals surface area contributed by atoms with Gasteiger partial charge in [-0.3, -0.25) is 4.79 Å². The van der Waals surface area contributed by atoms with Crippen molar-refractivity contribution in [3.63, 3.8) is 0 Å². The molecule has 1 aromatic carbocycles. The average Bonchev–Trinajstić information content (AvgIpc) is 3.00. The van der Waals surface area contributed by atoms with Gasteiger partial charge < -0.3 is 10.6 Å². The minimum atomic E-state index is -0.0839. The third kappa shape index (κ3) is 3.70. The van der Waals surface area contributed by atoms with E-state index in [1.165, 1.54) is 0 Å². The molecule has 0 aliphatic heterocycles. The van der Waals surface area contributed by atoms with E-state index >= 15 is 0 Å². The minimum absolute atomic E-state index is 0.00328. The van der Waals surface area contributed by atoms with Crippen LogP contribution in [0.3, 0.4) is 0 Å². The molecule has 0 atom stereocenters. The van der Waals surface area contributed by atoms with Gasteiger partial charge in [-0.1, -0.05) is 13.8 Å². The summed E-state index contributed by atoms with van der Waals surface area (Å²) >= 11 is 0. The van der Waals surface area contributed by atoms with Crippen LogP contribution in [0.2, 0.25) is 0 Å². The first-order valence-corrected chi connectivity index (χ1v) is 6.98. The third-order valence-corrected chi connectivity index (χ3v) is 3.45. The Morgan fingerprint density at radius 1 is 1.33 bits per heavy atom. The second-order valence-electron chi connectivity index (χ2n) is 6.03. The molecular weight excluding hydrogens is 264 g/mol. The molecule has 5 heteroatoms. The van der Waals surface area contributed by atoms with E-state index in [1.54, 1.807) is 22.8 Å². The molecule has 112 valence electrons. The van der Waals surface area contributed by atoms with E-state index in [4.69, 9.17) is 5.73 Å². The molecule has 2 aromatic rings. The Balaban J connectivity index is 2.09. The van der Waals surface area contributed by atoms with Crippen LogP contribution < -0.4 is 5.73 Å². The van der Waals surface area contributed by atoms with Gasteiger partial charge in [0.05, 0.1) is 5.69 Å². The predicted molar refractivity (Wildman–Crippen MR) is 83.4 cm³/mol. The van der Waals surface area contributed by atoms with Gasteiger partial charge in [0.1, 0.15) is 0 Å². The van der Waals surface area contributed by atoms with Gasteiger partial charge >= 0.3 is 0 Å². The van der Waals surface area contributed by atoms with Crippen LogP contribution in [0, 0.1) is 5.41 Å². The number of hydrogen-bond acceptors (Lipinski definition) is 3. The zero-order valence-electron chi connectivity index (χ0n) is 12.8. The van der Waals surface area contributed by atoms with Gasteiger partial charge in [0.15, 0.2) is 0 Å². The van der Waals surface area contributed by atoms with E-state index in [9.17, 15) is 4.79 Å². The summed E-state index contributed by atoms with van der Waals surface area (Å²) in [5.41, 5.74) is 7.24. The van der Waals surface area contributed by atoms with Crippen molar-refractivity contribution in [3.05, 3.63) is 48.3 Å². The van der Waals surface area contributed by atoms with Crippen molar-refractivity contribution in [2.24, 2.45) is 11.1 Å². The topological polar surface area (TPSA) is 64.2 Å². The number of benzene rings is 1. The lowest BCUT2D eigenvalue weighted by Gasteiger charge is -2.29. The van der Waals surface area contributed by atoms with Gasteiger partial charge in [0.25, 0.3) is 5.91 Å². The highest BCUT2D eigenvalue weighted by molar-refractivity contribution is 5.94. The fourth-order valence-electron chi connectivity index (χ4n) is 2.18. The Morgan fingerprint density at radius 3 is 2.52 bits per heavy atom. The summed E-state index contributed by atoms with van der Waals surface area (Å²) in [5.74, 6) is 0.00328. The van der Waals surface area contributed by atoms with Gasteiger partial charge in [0.2, 0.25) is 0 Å². The fourth-order valence-corrected chi connectivity index (χ4v) is 2.18. The quantitative estimate of drug-likeness (QED) is 0.913. The van der Waals surface area contributed by atoms with Crippen LogP contribution in [0.1, 0.15) is 24.2 Å². The molecular formula is C16H22N4O. The molecule has 0 saturated carbocycles. The van der Waals surface area contributed by atoms with Gasteiger partial charge in [-0.15, -0.1) is 0 Å². The number of carbonyl (C=O) groups excluding carboxylic acids is 1. The van der Waals surface area contributed by atoms with E-state index < -0.39 is 0 Å². The van der Waals surface area contributed by atoms with E-state index in [2.05, 4.69) is 18.9 Å². The van der Waals surface area contributed by atoms with Crippen LogP contribution in [0.5, 0.6) is 0 Å². The van der Waals surface area contributed by atoms with Crippen LogP contribution in [-0.2, 0) is 0 Å². The first kappa shape index (κ1) is 15.3. The molecule has 2 rings (SSSR count). The largest absolute Gasteiger partial charge is 0.341 e. The zero-order chi connectivity index (χ0) is 15.5. The van der Waals surface area contributed by atoms with E-state index in [0.717, 1.165) is 5.69 Å². The molecule has 1 aromatic heterocycles. The number of rotatable bonds is 5. The first-order valence-electron chi connectivity index (χ1n) is 6.98. The molecule has 1 heterocycles. The number of carbonyl (C=O) groups is 1. The fraction of sp³-hybridized carbons (Fsp3) is 0.375. The number of nitrogens with two attached hydrogens (primary N) is 1. The van der Waals surface area contributed by atoms with E-state index in [0.29, 0.717) is 18.7 Å². The lowest BCUT2D eigenvalue weighted by atomic mass is 9.93. The zero-order valence-corrected chi connectivity index (χ0v) is 12.8. The second kappa shape index (κ2) is 6.10. The van der Waals surface area contributed by atoms with Crippen molar-refractivity contribution in [1.29, 1.82) is 0 Å². The summed E-state index contributed by atoms with van der Waals surface area (Å²) in [4.78, 5) is 14.1. The molecule has 2 N–H and O–H groups in total. The van der Waals surface area contributed by atoms with Crippen molar-refractivity contribution < 1.29 is 4.79 Å². The third-order valence-electron chi connectivity index (χ3n) is 3.45. The lowest BCUT2D eigenvalue weighted by Crippen LogP contribution is -2.39. The molecule has 0 unspecified atom stereocenters. The van der Waals surface area contributed by atoms with Crippen LogP contribution in [0.15, 0.2) is 42.7 Å². The molecule has 0 aliphatic rings. The van der Waals surface area contributed by atoms with Crippen LogP contribution >= 0.6 is 0 Å². The Bertz CT molecular complexity index is 587. The Kier molecular flexibility index (Phi) is 4.43. The van der Waals surface area contributed by atoms with Crippen molar-refractivity contribution >= 4 is 5.91 Å². The minimum Gasteiger partial charge on any atom is -0.341 e. The van der Waals surface area contributed by atoms with Crippen molar-refractivity contribution in [2.75, 3.05) is 20.1 Å². The second-order valence-corrected chi connectivity index (χ2v) is 6.03. The molecule has 0 fully saturated rings. The summed E-state index contributed by atoms with van der Waals surface area (Å²) in [5, 5.41) is 4.16. The van der Waals surface area contributed by atoms with E-state index in [-0.39, 0.29) is 11.3 Å². The van der Waals surface area contributed by atoms with Crippen molar-refractivity contribution in [1.82, 2.24) is 14.7 Å². The molecule has 0 spiro atoms. The molecule has 0 bridgehead atoms. The van der Waals surface area contributed by atoms with Crippen LogP contribution in [0.4, 0.5) is 0 Å². The van der Waals surface area contributed by atoms with Crippen LogP contribution in [-0.4, -0.2) is 40.7 Å². The molecule has 0 saturated heterocycles. The number of aromatic nitrogens is 2. The molecule has 0 radical (unpaired) electrons. The Hall–Kier alpha value is -2.14. The molecule has 1 amide bonds. The van der Waals surface area contributed by atoms with Gasteiger partial charge in [0, 0.05) is 31.5 Å². The first-order chi connectivity index (χ1) is 9.93. The summed E-state index contributed by atoms with van der Waals surface area (Å²) in [6.07, 6.45) is 3.59. The van der Waals surface area contributed by atoms with Crippen molar-refractivity contribution in [2.45, 2.75) is 13.8 Å². The highest BCUT2D eigenvalue weighted by Gasteiger charge is 2.21. The number of nitrogens with zero attached hydrogens (tertiary/aromatic N) is 3. The van der Waals surface area contributed by atoms with Crippen molar-refractivity contribution in [3.8, 4) is 5.69 Å². The summed E-state index contributed by atoms with van der Waals surface area (Å²) in [6.45, 7) is 5.28. The predicted octanol–water partition coefficient (Wildman–Crippen LogP) is 1.93. The van der Waals surface area contributed by atoms with E-state index in [1.807, 2.05) is 36.5 Å². The summed E-state index contributed by atoms with van der Waals surface area (Å²) in [6, 6.07) is 9.29. The monoisotopic (exact) mass is 286 g/mol. The lowest BCUT2D eigenvalue weighted by molar-refractivity contribution is 0.0740. The van der Waals surface area contributed by atoms with Gasteiger partial charge in [-0.2, -0.15) is 5.10 Å². The average molecular weight is 286 g/mol. The summed E-state index contributed by atoms with van der Waals surface area (Å²) in [7, 11) is 1.81. The molecule has 21 heavy (non-hydrogen) atoms. The van der Waals surface area contributed by atoms with Gasteiger partial charge in [-0.25, -0.2) is 4.68 Å². The maximum atomic E-state index is 12.4. The number of hydrogen-bond donors (Lipinski definition) is 1. The Morgan fingerprint density at radius 2 is 2.00 bits per heavy atom.